The van der Waals surface area contributed by atoms with Crippen LogP contribution in [0, 0.1) is 11.8 Å². The summed E-state index contributed by atoms with van der Waals surface area (Å²) in [5.74, 6) is 1.75. The maximum atomic E-state index is 13.0. The van der Waals surface area contributed by atoms with Crippen molar-refractivity contribution >= 4 is 17.8 Å². The van der Waals surface area contributed by atoms with E-state index >= 15 is 0 Å². The molecule has 35 heavy (non-hydrogen) atoms. The molecule has 0 saturated heterocycles. The molecular formula is C26H33N5O4. The van der Waals surface area contributed by atoms with Crippen molar-refractivity contribution in [1.29, 1.82) is 0 Å². The monoisotopic (exact) mass is 479 g/mol. The van der Waals surface area contributed by atoms with E-state index < -0.39 is 6.09 Å². The summed E-state index contributed by atoms with van der Waals surface area (Å²) in [4.78, 5) is 36.6. The van der Waals surface area contributed by atoms with Crippen molar-refractivity contribution in [2.45, 2.75) is 49.6 Å². The third-order valence-corrected chi connectivity index (χ3v) is 7.63. The lowest BCUT2D eigenvalue weighted by Crippen LogP contribution is -2.70. The highest BCUT2D eigenvalue weighted by atomic mass is 16.6. The van der Waals surface area contributed by atoms with Gasteiger partial charge in [0.15, 0.2) is 0 Å². The van der Waals surface area contributed by atoms with Crippen LogP contribution in [0.15, 0.2) is 42.6 Å². The molecule has 4 saturated carbocycles. The van der Waals surface area contributed by atoms with Crippen LogP contribution in [0.25, 0.3) is 0 Å². The molecule has 2 unspecified atom stereocenters. The quantitative estimate of drug-likeness (QED) is 0.599. The Morgan fingerprint density at radius 3 is 2.49 bits per heavy atom. The number of pyridine rings is 2. The Hall–Kier alpha value is -3.20. The molecule has 4 aliphatic carbocycles. The Labute approximate surface area is 205 Å². The number of rotatable bonds is 8. The largest absolute Gasteiger partial charge is 0.414 e. The van der Waals surface area contributed by atoms with Gasteiger partial charge in [-0.1, -0.05) is 12.1 Å². The number of ether oxygens (including phenoxy) is 2. The van der Waals surface area contributed by atoms with Crippen LogP contribution in [0.4, 0.5) is 10.6 Å². The van der Waals surface area contributed by atoms with Crippen molar-refractivity contribution in [2.75, 3.05) is 32.2 Å². The van der Waals surface area contributed by atoms with Crippen LogP contribution in [0.2, 0.25) is 0 Å². The Morgan fingerprint density at radius 1 is 1.06 bits per heavy atom. The lowest BCUT2D eigenvalue weighted by atomic mass is 9.50. The van der Waals surface area contributed by atoms with Gasteiger partial charge in [0.25, 0.3) is 5.91 Å². The molecule has 2 N–H and O–H groups in total. The van der Waals surface area contributed by atoms with E-state index in [0.29, 0.717) is 42.9 Å². The average Bonchev–Trinajstić information content (AvgIpc) is 2.81. The number of hydrogen-bond donors (Lipinski definition) is 2. The van der Waals surface area contributed by atoms with Crippen molar-refractivity contribution in [3.8, 4) is 5.88 Å². The molecule has 0 spiro atoms. The summed E-state index contributed by atoms with van der Waals surface area (Å²) in [5.41, 5.74) is -0.286. The van der Waals surface area contributed by atoms with Gasteiger partial charge in [-0.05, 0) is 68.6 Å². The molecule has 4 bridgehead atoms. The maximum absolute atomic E-state index is 13.0. The molecule has 0 aromatic carbocycles. The van der Waals surface area contributed by atoms with E-state index in [1.165, 1.54) is 0 Å². The van der Waals surface area contributed by atoms with Gasteiger partial charge in [-0.2, -0.15) is 4.98 Å². The number of carbonyl (C=O) groups is 2. The smallest absolute Gasteiger partial charge is 0.391 e. The molecular weight excluding hydrogens is 446 g/mol. The van der Waals surface area contributed by atoms with Crippen LogP contribution >= 0.6 is 0 Å². The zero-order chi connectivity index (χ0) is 24.5. The van der Waals surface area contributed by atoms with Gasteiger partial charge in [0.1, 0.15) is 11.5 Å². The zero-order valence-electron chi connectivity index (χ0n) is 20.3. The van der Waals surface area contributed by atoms with E-state index in [2.05, 4.69) is 20.6 Å². The number of hydrogen-bond acceptors (Lipinski definition) is 7. The minimum Gasteiger partial charge on any atom is -0.391 e. The minimum absolute atomic E-state index is 0.149. The third kappa shape index (κ3) is 5.10. The number of anilines is 1. The van der Waals surface area contributed by atoms with E-state index in [0.717, 1.165) is 32.1 Å². The Morgan fingerprint density at radius 2 is 1.80 bits per heavy atom. The van der Waals surface area contributed by atoms with Gasteiger partial charge in [-0.25, -0.2) is 4.79 Å². The van der Waals surface area contributed by atoms with Crippen LogP contribution in [0.1, 0.15) is 49.0 Å². The average molecular weight is 480 g/mol. The van der Waals surface area contributed by atoms with Crippen LogP contribution in [0.3, 0.4) is 0 Å². The summed E-state index contributed by atoms with van der Waals surface area (Å²) in [6, 6.07) is 10.7. The predicted molar refractivity (Wildman–Crippen MR) is 130 cm³/mol. The standard InChI is InChI=1S/C26H33N5O4/c1-31(10-11-34-2)21-7-5-8-22(28-21)35-24(33)30-26-15-18-12-19(16-26)14-25(13-18,17-26)29-23(32)20-6-3-4-9-27-20/h3-9,18-19H,10-17H2,1-2H3,(H,29,32)(H,30,33). The molecule has 2 aromatic heterocycles. The van der Waals surface area contributed by atoms with Crippen molar-refractivity contribution in [3.05, 3.63) is 48.3 Å². The van der Waals surface area contributed by atoms with Crippen molar-refractivity contribution < 1.29 is 19.1 Å². The van der Waals surface area contributed by atoms with Gasteiger partial charge in [0.2, 0.25) is 5.88 Å². The first-order valence-corrected chi connectivity index (χ1v) is 12.3. The number of nitrogens with one attached hydrogen (secondary N) is 2. The van der Waals surface area contributed by atoms with Crippen molar-refractivity contribution in [1.82, 2.24) is 20.6 Å². The highest BCUT2D eigenvalue weighted by molar-refractivity contribution is 5.92. The zero-order valence-corrected chi connectivity index (χ0v) is 20.3. The van der Waals surface area contributed by atoms with Crippen LogP contribution in [0.5, 0.6) is 5.88 Å². The summed E-state index contributed by atoms with van der Waals surface area (Å²) >= 11 is 0. The maximum Gasteiger partial charge on any atom is 0.414 e. The molecule has 6 rings (SSSR count). The fraction of sp³-hybridized carbons (Fsp3) is 0.538. The van der Waals surface area contributed by atoms with Gasteiger partial charge in [-0.3, -0.25) is 9.78 Å². The summed E-state index contributed by atoms with van der Waals surface area (Å²) in [7, 11) is 3.57. The van der Waals surface area contributed by atoms with Crippen LogP contribution < -0.4 is 20.3 Å². The van der Waals surface area contributed by atoms with E-state index in [1.54, 1.807) is 31.5 Å². The number of nitrogens with zero attached hydrogens (tertiary/aromatic N) is 3. The molecule has 4 fully saturated rings. The number of amides is 2. The summed E-state index contributed by atoms with van der Waals surface area (Å²) in [5, 5.41) is 6.50. The summed E-state index contributed by atoms with van der Waals surface area (Å²) in [6.07, 6.45) is 6.69. The van der Waals surface area contributed by atoms with E-state index in [-0.39, 0.29) is 22.9 Å². The number of likely N-dealkylation sites (N-methyl/N-ethyl adjacent to an activating group) is 1. The Balaban J connectivity index is 1.26. The molecule has 2 heterocycles. The third-order valence-electron chi connectivity index (χ3n) is 7.63. The number of methoxy groups -OCH3 is 1. The molecule has 9 heteroatoms. The molecule has 9 nitrogen and oxygen atoms in total. The van der Waals surface area contributed by atoms with Crippen molar-refractivity contribution in [3.63, 3.8) is 0 Å². The lowest BCUT2D eigenvalue weighted by molar-refractivity contribution is -0.0450. The fourth-order valence-corrected chi connectivity index (χ4v) is 6.71. The lowest BCUT2D eigenvalue weighted by Gasteiger charge is -2.61. The van der Waals surface area contributed by atoms with E-state index in [4.69, 9.17) is 9.47 Å². The second-order valence-electron chi connectivity index (χ2n) is 10.5. The van der Waals surface area contributed by atoms with Crippen LogP contribution in [-0.2, 0) is 4.74 Å². The highest BCUT2D eigenvalue weighted by Gasteiger charge is 2.59. The first-order valence-electron chi connectivity index (χ1n) is 12.3. The minimum atomic E-state index is -0.498. The second kappa shape index (κ2) is 9.45. The topological polar surface area (TPSA) is 106 Å². The number of aromatic nitrogens is 2. The van der Waals surface area contributed by atoms with Gasteiger partial charge in [-0.15, -0.1) is 0 Å². The van der Waals surface area contributed by atoms with Crippen LogP contribution in [-0.4, -0.2) is 60.4 Å². The summed E-state index contributed by atoms with van der Waals surface area (Å²) < 4.78 is 10.7. The molecule has 2 atom stereocenters. The molecule has 2 aromatic rings. The molecule has 2 amide bonds. The van der Waals surface area contributed by atoms with Gasteiger partial charge in [0, 0.05) is 44.0 Å². The van der Waals surface area contributed by atoms with Gasteiger partial charge in [0.05, 0.1) is 6.61 Å². The second-order valence-corrected chi connectivity index (χ2v) is 10.5. The highest BCUT2D eigenvalue weighted by Crippen LogP contribution is 2.57. The Bertz CT molecular complexity index is 1060. The SMILES string of the molecule is COCCN(C)c1cccc(OC(=O)NC23CC4CC(C2)CC(NC(=O)c2ccccn2)(C4)C3)n1. The Kier molecular flexibility index (Phi) is 6.35. The van der Waals surface area contributed by atoms with Gasteiger partial charge < -0.3 is 25.0 Å². The van der Waals surface area contributed by atoms with Gasteiger partial charge >= 0.3 is 6.09 Å². The molecule has 186 valence electrons. The molecule has 0 radical (unpaired) electrons. The van der Waals surface area contributed by atoms with Crippen molar-refractivity contribution in [2.24, 2.45) is 11.8 Å². The first kappa shape index (κ1) is 23.5. The normalized spacial score (nSPS) is 28.4. The summed E-state index contributed by atoms with van der Waals surface area (Å²) in [6.45, 7) is 1.25. The molecule has 0 aliphatic heterocycles. The van der Waals surface area contributed by atoms with E-state index in [1.807, 2.05) is 30.1 Å². The molecule has 4 aliphatic rings. The fourth-order valence-electron chi connectivity index (χ4n) is 6.71. The first-order chi connectivity index (χ1) is 16.9. The predicted octanol–water partition coefficient (Wildman–Crippen LogP) is 3.17. The van der Waals surface area contributed by atoms with E-state index in [9.17, 15) is 9.59 Å². The number of carbonyl (C=O) groups excluding carboxylic acids is 2.